The van der Waals surface area contributed by atoms with Gasteiger partial charge in [-0.25, -0.2) is 0 Å². The van der Waals surface area contributed by atoms with Crippen molar-refractivity contribution in [3.05, 3.63) is 71.8 Å². The predicted octanol–water partition coefficient (Wildman–Crippen LogP) is 9.89. The molecule has 5 aromatic carbocycles. The van der Waals surface area contributed by atoms with Crippen molar-refractivity contribution >= 4 is 43.1 Å². The summed E-state index contributed by atoms with van der Waals surface area (Å²) in [7, 11) is 0. The van der Waals surface area contributed by atoms with Crippen molar-refractivity contribution in [2.75, 3.05) is 0 Å². The molecule has 0 aromatic heterocycles. The molecule has 5 rings (SSSR count). The maximum atomic E-state index is 2.41. The van der Waals surface area contributed by atoms with Crippen LogP contribution in [0.3, 0.4) is 0 Å². The number of hydrogen-bond donors (Lipinski definition) is 0. The molecule has 0 N–H and O–H groups in total. The molecule has 0 aliphatic heterocycles. The highest BCUT2D eigenvalue weighted by Crippen LogP contribution is 2.46. The minimum Gasteiger partial charge on any atom is -0.0654 e. The van der Waals surface area contributed by atoms with E-state index in [9.17, 15) is 0 Å². The average Bonchev–Trinajstić information content (AvgIpc) is 2.76. The van der Waals surface area contributed by atoms with E-state index in [1.165, 1.54) is 79.9 Å². The third kappa shape index (κ3) is 3.03. The number of rotatable bonds is 6. The first-order valence-corrected chi connectivity index (χ1v) is 12.4. The van der Waals surface area contributed by atoms with Gasteiger partial charge in [-0.1, -0.05) is 115 Å². The van der Waals surface area contributed by atoms with Crippen LogP contribution < -0.4 is 0 Å². The number of benzene rings is 5. The molecule has 0 saturated carbocycles. The molecule has 0 saturated heterocycles. The Morgan fingerprint density at radius 1 is 0.469 bits per heavy atom. The van der Waals surface area contributed by atoms with Gasteiger partial charge < -0.3 is 0 Å². The summed E-state index contributed by atoms with van der Waals surface area (Å²) >= 11 is 0. The zero-order valence-corrected chi connectivity index (χ0v) is 20.6. The second kappa shape index (κ2) is 7.48. The molecule has 0 heteroatoms. The highest BCUT2D eigenvalue weighted by molar-refractivity contribution is 6.33. The van der Waals surface area contributed by atoms with Gasteiger partial charge in [-0.2, -0.15) is 0 Å². The Balaban J connectivity index is 1.94. The summed E-state index contributed by atoms with van der Waals surface area (Å²) in [5.41, 5.74) is 3.31. The van der Waals surface area contributed by atoms with Gasteiger partial charge in [0, 0.05) is 0 Å². The maximum absolute atomic E-state index is 2.41. The number of hydrogen-bond acceptors (Lipinski definition) is 0. The first kappa shape index (κ1) is 21.3. The van der Waals surface area contributed by atoms with E-state index in [1.807, 2.05) is 0 Å². The molecule has 0 fully saturated rings. The lowest BCUT2D eigenvalue weighted by Crippen LogP contribution is -2.17. The average molecular weight is 421 g/mol. The lowest BCUT2D eigenvalue weighted by atomic mass is 9.75. The van der Waals surface area contributed by atoms with E-state index in [4.69, 9.17) is 0 Å². The van der Waals surface area contributed by atoms with Crippen LogP contribution in [0.25, 0.3) is 43.1 Å². The minimum absolute atomic E-state index is 0.173. The Morgan fingerprint density at radius 3 is 1.19 bits per heavy atom. The standard InChI is InChI=1S/C32H36/c1-7-19-31(3,4)27-17-15-23-24-16-18-28(32(5,6)20-8-2)26-14-10-12-22(30(24)26)21-11-9-13-25(27)29(21)23/h9-18H,7-8,19-20H2,1-6H3. The molecule has 0 spiro atoms. The topological polar surface area (TPSA) is 0 Å². The van der Waals surface area contributed by atoms with Gasteiger partial charge >= 0.3 is 0 Å². The molecule has 0 amide bonds. The van der Waals surface area contributed by atoms with Gasteiger partial charge in [0.2, 0.25) is 0 Å². The lowest BCUT2D eigenvalue weighted by Gasteiger charge is -2.29. The summed E-state index contributed by atoms with van der Waals surface area (Å²) in [4.78, 5) is 0. The minimum atomic E-state index is 0.173. The molecule has 5 aromatic rings. The predicted molar refractivity (Wildman–Crippen MR) is 144 cm³/mol. The van der Waals surface area contributed by atoms with Gasteiger partial charge in [0.1, 0.15) is 0 Å². The lowest BCUT2D eigenvalue weighted by molar-refractivity contribution is 0.477. The molecule has 0 nitrogen and oxygen atoms in total. The zero-order valence-electron chi connectivity index (χ0n) is 20.6. The van der Waals surface area contributed by atoms with E-state index in [2.05, 4.69) is 102 Å². The van der Waals surface area contributed by atoms with E-state index in [1.54, 1.807) is 0 Å². The van der Waals surface area contributed by atoms with Crippen LogP contribution in [0.15, 0.2) is 60.7 Å². The largest absolute Gasteiger partial charge is 0.0654 e. The maximum Gasteiger partial charge on any atom is -0.00234 e. The fraction of sp³-hybridized carbons (Fsp3) is 0.375. The molecule has 32 heavy (non-hydrogen) atoms. The molecule has 164 valence electrons. The van der Waals surface area contributed by atoms with Gasteiger partial charge in [0.05, 0.1) is 0 Å². The van der Waals surface area contributed by atoms with E-state index in [-0.39, 0.29) is 10.8 Å². The van der Waals surface area contributed by atoms with Crippen molar-refractivity contribution in [3.63, 3.8) is 0 Å². The third-order valence-corrected chi connectivity index (χ3v) is 7.87. The summed E-state index contributed by atoms with van der Waals surface area (Å²) in [5, 5.41) is 11.3. The van der Waals surface area contributed by atoms with Crippen molar-refractivity contribution < 1.29 is 0 Å². The first-order chi connectivity index (χ1) is 15.3. The fourth-order valence-corrected chi connectivity index (χ4v) is 6.41. The Labute approximate surface area is 193 Å². The van der Waals surface area contributed by atoms with Crippen LogP contribution in [0, 0.1) is 0 Å². The SMILES string of the molecule is CCCC(C)(C)c1ccc2c3ccc(C(C)(C)CCC)c4cccc(c5cccc1c52)c43. The summed E-state index contributed by atoms with van der Waals surface area (Å²) in [5.74, 6) is 0. The molecule has 0 bridgehead atoms. The highest BCUT2D eigenvalue weighted by atomic mass is 14.3. The summed E-state index contributed by atoms with van der Waals surface area (Å²) in [6.07, 6.45) is 4.81. The van der Waals surface area contributed by atoms with Gasteiger partial charge in [-0.15, -0.1) is 0 Å². The van der Waals surface area contributed by atoms with Crippen molar-refractivity contribution in [2.24, 2.45) is 0 Å². The van der Waals surface area contributed by atoms with Crippen molar-refractivity contribution in [2.45, 2.75) is 78.1 Å². The zero-order chi connectivity index (χ0) is 22.7. The second-order valence-electron chi connectivity index (χ2n) is 11.0. The van der Waals surface area contributed by atoms with Crippen molar-refractivity contribution in [3.8, 4) is 0 Å². The quantitative estimate of drug-likeness (QED) is 0.189. The summed E-state index contributed by atoms with van der Waals surface area (Å²) < 4.78 is 0. The van der Waals surface area contributed by atoms with Gasteiger partial charge in [-0.05, 0) is 77.9 Å². The molecule has 0 unspecified atom stereocenters. The summed E-state index contributed by atoms with van der Waals surface area (Å²) in [6, 6.07) is 23.5. The first-order valence-electron chi connectivity index (χ1n) is 12.4. The van der Waals surface area contributed by atoms with Crippen LogP contribution in [0.5, 0.6) is 0 Å². The molecular formula is C32H36. The Kier molecular flexibility index (Phi) is 4.97. The van der Waals surface area contributed by atoms with Crippen LogP contribution in [0.4, 0.5) is 0 Å². The third-order valence-electron chi connectivity index (χ3n) is 7.87. The molecule has 0 radical (unpaired) electrons. The van der Waals surface area contributed by atoms with Gasteiger partial charge in [-0.3, -0.25) is 0 Å². The fourth-order valence-electron chi connectivity index (χ4n) is 6.41. The van der Waals surface area contributed by atoms with E-state index in [0.29, 0.717) is 0 Å². The molecule has 0 aliphatic rings. The number of fused-ring (bicyclic) bond motifs is 2. The molecule has 0 atom stereocenters. The van der Waals surface area contributed by atoms with Crippen molar-refractivity contribution in [1.29, 1.82) is 0 Å². The van der Waals surface area contributed by atoms with Gasteiger partial charge in [0.15, 0.2) is 0 Å². The monoisotopic (exact) mass is 420 g/mol. The second-order valence-corrected chi connectivity index (χ2v) is 11.0. The normalized spacial score (nSPS) is 13.2. The summed E-state index contributed by atoms with van der Waals surface area (Å²) in [6.45, 7) is 14.2. The van der Waals surface area contributed by atoms with Crippen molar-refractivity contribution in [1.82, 2.24) is 0 Å². The van der Waals surface area contributed by atoms with Crippen LogP contribution in [0.1, 0.15) is 78.4 Å². The van der Waals surface area contributed by atoms with Crippen LogP contribution in [-0.2, 0) is 10.8 Å². The van der Waals surface area contributed by atoms with E-state index >= 15 is 0 Å². The highest BCUT2D eigenvalue weighted by Gasteiger charge is 2.26. The van der Waals surface area contributed by atoms with Crippen LogP contribution in [-0.4, -0.2) is 0 Å². The Hall–Kier alpha value is -2.60. The van der Waals surface area contributed by atoms with Gasteiger partial charge in [0.25, 0.3) is 0 Å². The smallest absolute Gasteiger partial charge is 0.00234 e. The molecule has 0 heterocycles. The Morgan fingerprint density at radius 2 is 0.812 bits per heavy atom. The molecule has 0 aliphatic carbocycles. The Bertz CT molecular complexity index is 1300. The van der Waals surface area contributed by atoms with Crippen LogP contribution >= 0.6 is 0 Å². The van der Waals surface area contributed by atoms with Crippen LogP contribution in [0.2, 0.25) is 0 Å². The van der Waals surface area contributed by atoms with E-state index < -0.39 is 0 Å². The van der Waals surface area contributed by atoms with E-state index in [0.717, 1.165) is 0 Å². The molecular weight excluding hydrogens is 384 g/mol.